The van der Waals surface area contributed by atoms with Crippen molar-refractivity contribution in [3.05, 3.63) is 52.8 Å². The van der Waals surface area contributed by atoms with Gasteiger partial charge in [0.05, 0.1) is 27.9 Å². The van der Waals surface area contributed by atoms with E-state index in [2.05, 4.69) is 27.7 Å². The summed E-state index contributed by atoms with van der Waals surface area (Å²) in [6, 6.07) is 8.85. The second-order valence-electron chi connectivity index (χ2n) is 8.06. The molecule has 1 fully saturated rings. The van der Waals surface area contributed by atoms with E-state index >= 15 is 0 Å². The maximum Gasteiger partial charge on any atom is 0.259 e. The van der Waals surface area contributed by atoms with Crippen LogP contribution in [0.2, 0.25) is 0 Å². The van der Waals surface area contributed by atoms with Crippen LogP contribution in [0.25, 0.3) is 11.1 Å². The Morgan fingerprint density at radius 3 is 2.63 bits per heavy atom. The van der Waals surface area contributed by atoms with Crippen LogP contribution in [0.1, 0.15) is 78.1 Å². The third-order valence-electron chi connectivity index (χ3n) is 5.10. The van der Waals surface area contributed by atoms with Gasteiger partial charge < -0.3 is 15.2 Å². The second kappa shape index (κ2) is 8.26. The molecule has 30 heavy (non-hydrogen) atoms. The number of rotatable bonds is 7. The van der Waals surface area contributed by atoms with E-state index in [1.54, 1.807) is 24.3 Å². The zero-order valence-electron chi connectivity index (χ0n) is 17.5. The first-order chi connectivity index (χ1) is 14.5. The van der Waals surface area contributed by atoms with Crippen LogP contribution in [0.5, 0.6) is 0 Å². The first-order valence-electron chi connectivity index (χ1n) is 10.5. The number of fused-ring (bicyclic) bond motifs is 1. The summed E-state index contributed by atoms with van der Waals surface area (Å²) in [6.07, 6.45) is 3.71. The number of hydrogen-bond donors (Lipinski definition) is 2. The Morgan fingerprint density at radius 1 is 1.17 bits per heavy atom. The molecule has 1 aliphatic carbocycles. The van der Waals surface area contributed by atoms with Gasteiger partial charge in [-0.25, -0.2) is 4.98 Å². The van der Waals surface area contributed by atoms with Crippen LogP contribution >= 0.6 is 0 Å². The molecule has 4 rings (SSSR count). The quantitative estimate of drug-likeness (QED) is 0.604. The molecule has 2 aromatic heterocycles. The van der Waals surface area contributed by atoms with Crippen molar-refractivity contribution >= 4 is 28.6 Å². The number of para-hydroxylation sites is 1. The number of nitrogens with zero attached hydrogens (tertiary/aromatic N) is 2. The van der Waals surface area contributed by atoms with Crippen molar-refractivity contribution in [2.75, 3.05) is 5.32 Å². The van der Waals surface area contributed by atoms with E-state index in [1.807, 2.05) is 19.9 Å². The van der Waals surface area contributed by atoms with E-state index in [0.29, 0.717) is 40.3 Å². The van der Waals surface area contributed by atoms with Gasteiger partial charge in [0.1, 0.15) is 0 Å². The minimum Gasteiger partial charge on any atom is -0.350 e. The lowest BCUT2D eigenvalue weighted by Crippen LogP contribution is -2.31. The first kappa shape index (κ1) is 20.1. The van der Waals surface area contributed by atoms with Crippen molar-refractivity contribution in [3.63, 3.8) is 0 Å². The third kappa shape index (κ3) is 4.06. The molecule has 7 nitrogen and oxygen atoms in total. The van der Waals surface area contributed by atoms with E-state index in [-0.39, 0.29) is 17.9 Å². The van der Waals surface area contributed by atoms with E-state index in [1.165, 1.54) is 0 Å². The molecule has 0 unspecified atom stereocenters. The predicted octanol–water partition coefficient (Wildman–Crippen LogP) is 4.44. The van der Waals surface area contributed by atoms with Crippen molar-refractivity contribution in [1.29, 1.82) is 0 Å². The molecular weight excluding hydrogens is 380 g/mol. The Balaban J connectivity index is 1.72. The van der Waals surface area contributed by atoms with Crippen LogP contribution in [0.3, 0.4) is 0 Å². The zero-order valence-corrected chi connectivity index (χ0v) is 17.5. The summed E-state index contributed by atoms with van der Waals surface area (Å²) in [4.78, 5) is 30.5. The molecule has 2 amide bonds. The highest BCUT2D eigenvalue weighted by Crippen LogP contribution is 2.40. The average molecular weight is 406 g/mol. The van der Waals surface area contributed by atoms with Crippen molar-refractivity contribution in [3.8, 4) is 0 Å². The number of aryl methyl sites for hydroxylation is 1. The summed E-state index contributed by atoms with van der Waals surface area (Å²) in [5, 5.41) is 10.6. The van der Waals surface area contributed by atoms with Gasteiger partial charge in [0, 0.05) is 17.7 Å². The summed E-state index contributed by atoms with van der Waals surface area (Å²) in [5.41, 5.74) is 3.37. The van der Waals surface area contributed by atoms with Gasteiger partial charge in [-0.15, -0.1) is 0 Å². The van der Waals surface area contributed by atoms with E-state index in [0.717, 1.165) is 30.7 Å². The summed E-state index contributed by atoms with van der Waals surface area (Å²) < 4.78 is 5.46. The van der Waals surface area contributed by atoms with Crippen LogP contribution in [0.4, 0.5) is 5.69 Å². The Bertz CT molecular complexity index is 1100. The number of carbonyl (C=O) groups is 2. The summed E-state index contributed by atoms with van der Waals surface area (Å²) >= 11 is 0. The molecule has 0 bridgehead atoms. The largest absolute Gasteiger partial charge is 0.350 e. The van der Waals surface area contributed by atoms with Gasteiger partial charge in [-0.1, -0.05) is 30.6 Å². The highest BCUT2D eigenvalue weighted by atomic mass is 16.5. The number of nitrogens with one attached hydrogen (secondary N) is 2. The topological polar surface area (TPSA) is 97.1 Å². The smallest absolute Gasteiger partial charge is 0.259 e. The molecule has 0 radical (unpaired) electrons. The zero-order chi connectivity index (χ0) is 21.3. The molecule has 0 spiro atoms. The van der Waals surface area contributed by atoms with Gasteiger partial charge in [0.25, 0.3) is 17.5 Å². The van der Waals surface area contributed by atoms with Gasteiger partial charge in [0.15, 0.2) is 0 Å². The first-order valence-corrected chi connectivity index (χ1v) is 10.5. The molecule has 1 saturated carbocycles. The van der Waals surface area contributed by atoms with Crippen LogP contribution in [0.15, 0.2) is 34.9 Å². The van der Waals surface area contributed by atoms with Crippen molar-refractivity contribution in [1.82, 2.24) is 15.5 Å². The number of pyridine rings is 1. The SMILES string of the molecule is CCCc1noc2nc(C3CC3)cc(C(=O)Nc3ccccc3C(=O)NC(C)C)c12. The molecule has 0 atom stereocenters. The number of anilines is 1. The predicted molar refractivity (Wildman–Crippen MR) is 115 cm³/mol. The van der Waals surface area contributed by atoms with Gasteiger partial charge >= 0.3 is 0 Å². The van der Waals surface area contributed by atoms with Crippen LogP contribution in [-0.4, -0.2) is 28.0 Å². The number of aromatic nitrogens is 2. The summed E-state index contributed by atoms with van der Waals surface area (Å²) in [7, 11) is 0. The molecule has 7 heteroatoms. The highest BCUT2D eigenvalue weighted by molar-refractivity contribution is 6.14. The van der Waals surface area contributed by atoms with Crippen molar-refractivity contribution in [2.24, 2.45) is 0 Å². The Hall–Kier alpha value is -3.22. The molecule has 2 heterocycles. The fraction of sp³-hybridized carbons (Fsp3) is 0.391. The molecule has 1 aliphatic rings. The number of benzene rings is 1. The molecule has 1 aromatic carbocycles. The third-order valence-corrected chi connectivity index (χ3v) is 5.10. The number of amides is 2. The molecular formula is C23H26N4O3. The second-order valence-corrected chi connectivity index (χ2v) is 8.06. The summed E-state index contributed by atoms with van der Waals surface area (Å²) in [6.45, 7) is 5.84. The fourth-order valence-corrected chi connectivity index (χ4v) is 3.52. The molecule has 2 N–H and O–H groups in total. The molecule has 0 saturated heterocycles. The normalized spacial score (nSPS) is 13.6. The molecule has 3 aromatic rings. The summed E-state index contributed by atoms with van der Waals surface area (Å²) in [5.74, 6) is -0.157. The average Bonchev–Trinajstić information content (AvgIpc) is 3.49. The fourth-order valence-electron chi connectivity index (χ4n) is 3.52. The Labute approximate surface area is 175 Å². The van der Waals surface area contributed by atoms with E-state index < -0.39 is 0 Å². The lowest BCUT2D eigenvalue weighted by Gasteiger charge is -2.14. The monoisotopic (exact) mass is 406 g/mol. The van der Waals surface area contributed by atoms with Gasteiger partial charge in [-0.3, -0.25) is 9.59 Å². The maximum absolute atomic E-state index is 13.3. The standard InChI is InChI=1S/C23H26N4O3/c1-4-7-18-20-16(12-19(14-10-11-14)26-23(20)30-27-18)22(29)25-17-9-6-5-8-15(17)21(28)24-13(2)3/h5-6,8-9,12-14H,4,7,10-11H2,1-3H3,(H,24,28)(H,25,29). The van der Waals surface area contributed by atoms with Crippen LogP contribution in [-0.2, 0) is 6.42 Å². The Morgan fingerprint density at radius 2 is 1.93 bits per heavy atom. The molecule has 156 valence electrons. The van der Waals surface area contributed by atoms with Gasteiger partial charge in [-0.2, -0.15) is 0 Å². The van der Waals surface area contributed by atoms with E-state index in [4.69, 9.17) is 4.52 Å². The van der Waals surface area contributed by atoms with Crippen molar-refractivity contribution < 1.29 is 14.1 Å². The lowest BCUT2D eigenvalue weighted by atomic mass is 10.0. The van der Waals surface area contributed by atoms with Crippen LogP contribution < -0.4 is 10.6 Å². The minimum atomic E-state index is -0.297. The van der Waals surface area contributed by atoms with Crippen LogP contribution in [0, 0.1) is 0 Å². The number of carbonyl (C=O) groups excluding carboxylic acids is 2. The van der Waals surface area contributed by atoms with E-state index in [9.17, 15) is 9.59 Å². The van der Waals surface area contributed by atoms with Gasteiger partial charge in [-0.05, 0) is 51.3 Å². The molecule has 0 aliphatic heterocycles. The highest BCUT2D eigenvalue weighted by Gasteiger charge is 2.29. The lowest BCUT2D eigenvalue weighted by molar-refractivity contribution is 0.0944. The Kier molecular flexibility index (Phi) is 5.53. The van der Waals surface area contributed by atoms with Crippen molar-refractivity contribution in [2.45, 2.75) is 58.4 Å². The maximum atomic E-state index is 13.3. The number of hydrogen-bond acceptors (Lipinski definition) is 5. The van der Waals surface area contributed by atoms with Gasteiger partial charge in [0.2, 0.25) is 0 Å². The minimum absolute atomic E-state index is 0.00390.